The minimum atomic E-state index is -0.878. The molecule has 0 aliphatic carbocycles. The lowest BCUT2D eigenvalue weighted by Crippen LogP contribution is -2.29. The van der Waals surface area contributed by atoms with E-state index < -0.39 is 17.9 Å². The number of esters is 2. The van der Waals surface area contributed by atoms with E-state index in [1.807, 2.05) is 13.8 Å². The molecule has 0 N–H and O–H groups in total. The van der Waals surface area contributed by atoms with E-state index in [-0.39, 0.29) is 13.2 Å². The monoisotopic (exact) mass is 260 g/mol. The summed E-state index contributed by atoms with van der Waals surface area (Å²) in [7, 11) is 0. The lowest BCUT2D eigenvalue weighted by atomic mass is 10.1. The molecule has 0 aliphatic heterocycles. The first-order valence-corrected chi connectivity index (χ1v) is 6.43. The Morgan fingerprint density at radius 2 is 1.50 bits per heavy atom. The predicted octanol–water partition coefficient (Wildman–Crippen LogP) is 1.79. The van der Waals surface area contributed by atoms with Crippen LogP contribution in [0.4, 0.5) is 0 Å². The molecule has 0 spiro atoms. The highest BCUT2D eigenvalue weighted by Crippen LogP contribution is 2.10. The molecule has 0 amide bonds. The van der Waals surface area contributed by atoms with Crippen molar-refractivity contribution in [2.45, 2.75) is 34.1 Å². The summed E-state index contributed by atoms with van der Waals surface area (Å²) in [5.41, 5.74) is 0. The van der Waals surface area contributed by atoms with Gasteiger partial charge in [-0.15, -0.1) is 0 Å². The van der Waals surface area contributed by atoms with E-state index >= 15 is 0 Å². The van der Waals surface area contributed by atoms with Crippen LogP contribution in [-0.2, 0) is 23.8 Å². The maximum Gasteiger partial charge on any atom is 0.320 e. The first-order chi connectivity index (χ1) is 8.52. The van der Waals surface area contributed by atoms with Gasteiger partial charge in [-0.3, -0.25) is 9.59 Å². The molecule has 0 aliphatic rings. The molecule has 0 saturated heterocycles. The molecule has 0 aromatic carbocycles. The molecule has 0 saturated carbocycles. The Morgan fingerprint density at radius 1 is 1.00 bits per heavy atom. The fourth-order valence-corrected chi connectivity index (χ4v) is 1.34. The van der Waals surface area contributed by atoms with Crippen LogP contribution in [0.2, 0.25) is 0 Å². The van der Waals surface area contributed by atoms with Crippen LogP contribution in [-0.4, -0.2) is 38.4 Å². The van der Waals surface area contributed by atoms with Crippen LogP contribution in [0.3, 0.4) is 0 Å². The second kappa shape index (κ2) is 9.88. The Balaban J connectivity index is 4.21. The van der Waals surface area contributed by atoms with Crippen LogP contribution in [0, 0.1) is 11.8 Å². The maximum atomic E-state index is 11.6. The average molecular weight is 260 g/mol. The summed E-state index contributed by atoms with van der Waals surface area (Å²) in [6.45, 7) is 8.94. The number of ether oxygens (including phenoxy) is 3. The molecular formula is C13H24O5. The predicted molar refractivity (Wildman–Crippen MR) is 67.0 cm³/mol. The van der Waals surface area contributed by atoms with Crippen molar-refractivity contribution >= 4 is 11.9 Å². The van der Waals surface area contributed by atoms with Crippen molar-refractivity contribution in [2.75, 3.05) is 26.4 Å². The summed E-state index contributed by atoms with van der Waals surface area (Å²) in [5, 5.41) is 0. The molecule has 0 fully saturated rings. The van der Waals surface area contributed by atoms with Crippen LogP contribution < -0.4 is 0 Å². The molecule has 0 rings (SSSR count). The number of carbonyl (C=O) groups excluding carboxylic acids is 2. The summed E-state index contributed by atoms with van der Waals surface area (Å²) in [6.07, 6.45) is 0.296. The summed E-state index contributed by atoms with van der Waals surface area (Å²) in [5.74, 6) is -1.53. The molecule has 0 unspecified atom stereocenters. The van der Waals surface area contributed by atoms with Crippen LogP contribution in [0.1, 0.15) is 34.1 Å². The fourth-order valence-electron chi connectivity index (χ4n) is 1.34. The number of hydrogen-bond acceptors (Lipinski definition) is 5. The van der Waals surface area contributed by atoms with Gasteiger partial charge in [0.2, 0.25) is 0 Å². The first kappa shape index (κ1) is 16.9. The van der Waals surface area contributed by atoms with Gasteiger partial charge in [0, 0.05) is 13.2 Å². The Kier molecular flexibility index (Phi) is 9.28. The van der Waals surface area contributed by atoms with E-state index in [1.165, 1.54) is 0 Å². The number of rotatable bonds is 9. The summed E-state index contributed by atoms with van der Waals surface area (Å²) >= 11 is 0. The Bertz CT molecular complexity index is 232. The molecule has 5 nitrogen and oxygen atoms in total. The fraction of sp³-hybridized carbons (Fsp3) is 0.846. The van der Waals surface area contributed by atoms with Crippen molar-refractivity contribution in [3.05, 3.63) is 0 Å². The van der Waals surface area contributed by atoms with E-state index in [0.717, 1.165) is 0 Å². The quantitative estimate of drug-likeness (QED) is 0.359. The van der Waals surface area contributed by atoms with Crippen LogP contribution >= 0.6 is 0 Å². The van der Waals surface area contributed by atoms with Crippen molar-refractivity contribution in [1.29, 1.82) is 0 Å². The lowest BCUT2D eigenvalue weighted by Gasteiger charge is -2.14. The highest BCUT2D eigenvalue weighted by molar-refractivity contribution is 5.94. The van der Waals surface area contributed by atoms with Gasteiger partial charge in [-0.1, -0.05) is 13.8 Å². The second-order valence-corrected chi connectivity index (χ2v) is 4.31. The third-order valence-electron chi connectivity index (χ3n) is 2.14. The van der Waals surface area contributed by atoms with Gasteiger partial charge in [-0.2, -0.15) is 0 Å². The lowest BCUT2D eigenvalue weighted by molar-refractivity contribution is -0.162. The van der Waals surface area contributed by atoms with E-state index in [1.54, 1.807) is 13.8 Å². The van der Waals surface area contributed by atoms with Crippen LogP contribution in [0.5, 0.6) is 0 Å². The van der Waals surface area contributed by atoms with Gasteiger partial charge in [0.15, 0.2) is 5.92 Å². The third kappa shape index (κ3) is 7.27. The van der Waals surface area contributed by atoms with Crippen molar-refractivity contribution in [3.63, 3.8) is 0 Å². The van der Waals surface area contributed by atoms with Crippen LogP contribution in [0.15, 0.2) is 0 Å². The topological polar surface area (TPSA) is 61.8 Å². The molecule has 18 heavy (non-hydrogen) atoms. The molecule has 106 valence electrons. The molecule has 0 heterocycles. The Morgan fingerprint density at radius 3 is 1.89 bits per heavy atom. The van der Waals surface area contributed by atoms with Gasteiger partial charge in [0.25, 0.3) is 0 Å². The zero-order valence-corrected chi connectivity index (χ0v) is 11.7. The Labute approximate surface area is 109 Å². The van der Waals surface area contributed by atoms with Crippen LogP contribution in [0.25, 0.3) is 0 Å². The van der Waals surface area contributed by atoms with Gasteiger partial charge in [0.1, 0.15) is 0 Å². The minimum absolute atomic E-state index is 0.252. The molecule has 0 bridgehead atoms. The third-order valence-corrected chi connectivity index (χ3v) is 2.14. The van der Waals surface area contributed by atoms with Gasteiger partial charge < -0.3 is 14.2 Å². The minimum Gasteiger partial charge on any atom is -0.465 e. The number of carbonyl (C=O) groups is 2. The summed E-state index contributed by atoms with van der Waals surface area (Å²) in [6, 6.07) is 0. The van der Waals surface area contributed by atoms with Gasteiger partial charge in [0.05, 0.1) is 13.2 Å². The molecule has 0 atom stereocenters. The maximum absolute atomic E-state index is 11.6. The van der Waals surface area contributed by atoms with Crippen molar-refractivity contribution in [2.24, 2.45) is 11.8 Å². The summed E-state index contributed by atoms with van der Waals surface area (Å²) in [4.78, 5) is 23.2. The highest BCUT2D eigenvalue weighted by atomic mass is 16.6. The van der Waals surface area contributed by atoms with Crippen molar-refractivity contribution in [3.8, 4) is 0 Å². The average Bonchev–Trinajstić information content (AvgIpc) is 2.28. The van der Waals surface area contributed by atoms with Crippen molar-refractivity contribution < 1.29 is 23.8 Å². The standard InChI is InChI=1S/C13H24O5/c1-5-17-12(14)11(13(15)18-6-2)7-8-16-9-10(3)4/h10-11H,5-9H2,1-4H3. The van der Waals surface area contributed by atoms with E-state index in [0.29, 0.717) is 25.6 Å². The molecule has 0 radical (unpaired) electrons. The largest absolute Gasteiger partial charge is 0.465 e. The zero-order valence-electron chi connectivity index (χ0n) is 11.7. The SMILES string of the molecule is CCOC(=O)C(CCOCC(C)C)C(=O)OCC. The molecule has 0 aromatic rings. The second-order valence-electron chi connectivity index (χ2n) is 4.31. The molecule has 0 aromatic heterocycles. The number of hydrogen-bond donors (Lipinski definition) is 0. The smallest absolute Gasteiger partial charge is 0.320 e. The molecule has 5 heteroatoms. The normalized spacial score (nSPS) is 10.8. The Hall–Kier alpha value is -1.10. The highest BCUT2D eigenvalue weighted by Gasteiger charge is 2.29. The van der Waals surface area contributed by atoms with E-state index in [9.17, 15) is 9.59 Å². The summed E-state index contributed by atoms with van der Waals surface area (Å²) < 4.78 is 15.1. The van der Waals surface area contributed by atoms with Gasteiger partial charge >= 0.3 is 11.9 Å². The van der Waals surface area contributed by atoms with E-state index in [2.05, 4.69) is 0 Å². The van der Waals surface area contributed by atoms with Gasteiger partial charge in [-0.05, 0) is 26.2 Å². The molecular weight excluding hydrogens is 236 g/mol. The van der Waals surface area contributed by atoms with Crippen molar-refractivity contribution in [1.82, 2.24) is 0 Å². The first-order valence-electron chi connectivity index (χ1n) is 6.43. The van der Waals surface area contributed by atoms with E-state index in [4.69, 9.17) is 14.2 Å². The zero-order chi connectivity index (χ0) is 14.0. The van der Waals surface area contributed by atoms with Gasteiger partial charge in [-0.25, -0.2) is 0 Å².